The lowest BCUT2D eigenvalue weighted by molar-refractivity contribution is -0.174. The summed E-state index contributed by atoms with van der Waals surface area (Å²) in [5.41, 5.74) is 0.227. The third-order valence-electron chi connectivity index (χ3n) is 3.82. The van der Waals surface area contributed by atoms with Gasteiger partial charge in [-0.15, -0.1) is 0 Å². The first-order valence-corrected chi connectivity index (χ1v) is 7.33. The standard InChI is InChI=1S/C11H12O6.C4H9NO/c12-7-5(4-1-2-4)6-10(9(14)8(7)13)17-3-11(6,15)16;1-3-4(6)5-2/h4,12-16H,1-3H2;3H2,1-2H3,(H,5,6). The molecule has 1 fully saturated rings. The minimum Gasteiger partial charge on any atom is -0.504 e. The number of phenolic OH excluding ortho intramolecular Hbond substituents is 3. The van der Waals surface area contributed by atoms with Crippen molar-refractivity contribution in [1.29, 1.82) is 0 Å². The molecule has 0 saturated heterocycles. The zero-order valence-electron chi connectivity index (χ0n) is 13.0. The first-order chi connectivity index (χ1) is 10.7. The van der Waals surface area contributed by atoms with Crippen LogP contribution in [0, 0.1) is 0 Å². The molecule has 2 aliphatic rings. The number of aromatic hydroxyl groups is 3. The Bertz CT molecular complexity index is 617. The van der Waals surface area contributed by atoms with Gasteiger partial charge in [0.1, 0.15) is 6.61 Å². The number of carbonyl (C=O) groups excluding carboxylic acids is 1. The topological polar surface area (TPSA) is 139 Å². The second-order valence-corrected chi connectivity index (χ2v) is 5.57. The van der Waals surface area contributed by atoms with Crippen molar-refractivity contribution in [1.82, 2.24) is 5.32 Å². The van der Waals surface area contributed by atoms with Gasteiger partial charge in [0.2, 0.25) is 23.2 Å². The van der Waals surface area contributed by atoms with Crippen molar-refractivity contribution >= 4 is 5.91 Å². The van der Waals surface area contributed by atoms with Crippen molar-refractivity contribution in [3.63, 3.8) is 0 Å². The average Bonchev–Trinajstić information content (AvgIpc) is 3.30. The molecule has 1 saturated carbocycles. The van der Waals surface area contributed by atoms with Crippen LogP contribution in [0.4, 0.5) is 0 Å². The minimum absolute atomic E-state index is 0.0318. The first-order valence-electron chi connectivity index (χ1n) is 7.33. The highest BCUT2D eigenvalue weighted by atomic mass is 16.6. The largest absolute Gasteiger partial charge is 0.504 e. The number of fused-ring (bicyclic) bond motifs is 1. The summed E-state index contributed by atoms with van der Waals surface area (Å²) in [4.78, 5) is 10.1. The number of carbonyl (C=O) groups is 1. The Labute approximate surface area is 133 Å². The highest BCUT2D eigenvalue weighted by molar-refractivity contribution is 5.75. The molecule has 1 aromatic rings. The number of rotatable bonds is 2. The van der Waals surface area contributed by atoms with Crippen LogP contribution in [0.5, 0.6) is 23.0 Å². The first kappa shape index (κ1) is 17.2. The maximum Gasteiger partial charge on any atom is 0.229 e. The number of benzene rings is 1. The van der Waals surface area contributed by atoms with E-state index in [9.17, 15) is 30.3 Å². The van der Waals surface area contributed by atoms with E-state index in [0.717, 1.165) is 12.8 Å². The van der Waals surface area contributed by atoms with Crippen LogP contribution in [-0.4, -0.2) is 45.1 Å². The van der Waals surface area contributed by atoms with Crippen LogP contribution in [0.3, 0.4) is 0 Å². The fourth-order valence-corrected chi connectivity index (χ4v) is 2.44. The Morgan fingerprint density at radius 2 is 1.83 bits per heavy atom. The molecule has 3 rings (SSSR count). The highest BCUT2D eigenvalue weighted by Crippen LogP contribution is 2.59. The van der Waals surface area contributed by atoms with Crippen LogP contribution >= 0.6 is 0 Å². The van der Waals surface area contributed by atoms with E-state index in [1.54, 1.807) is 7.05 Å². The second kappa shape index (κ2) is 6.13. The number of hydrogen-bond donors (Lipinski definition) is 6. The van der Waals surface area contributed by atoms with Crippen LogP contribution in [0.1, 0.15) is 43.2 Å². The van der Waals surface area contributed by atoms with Gasteiger partial charge in [0.15, 0.2) is 11.5 Å². The summed E-state index contributed by atoms with van der Waals surface area (Å²) in [5.74, 6) is -4.18. The van der Waals surface area contributed by atoms with Crippen molar-refractivity contribution in [2.24, 2.45) is 0 Å². The van der Waals surface area contributed by atoms with Gasteiger partial charge in [-0.05, 0) is 18.8 Å². The third kappa shape index (κ3) is 3.13. The fraction of sp³-hybridized carbons (Fsp3) is 0.533. The Morgan fingerprint density at radius 3 is 2.26 bits per heavy atom. The Hall–Kier alpha value is -2.19. The lowest BCUT2D eigenvalue weighted by atomic mass is 9.95. The van der Waals surface area contributed by atoms with Crippen LogP contribution in [-0.2, 0) is 10.6 Å². The molecule has 1 aromatic carbocycles. The van der Waals surface area contributed by atoms with E-state index in [1.807, 2.05) is 6.92 Å². The average molecular weight is 327 g/mol. The summed E-state index contributed by atoms with van der Waals surface area (Å²) in [6.45, 7) is 1.39. The van der Waals surface area contributed by atoms with Crippen LogP contribution in [0.25, 0.3) is 0 Å². The van der Waals surface area contributed by atoms with Gasteiger partial charge >= 0.3 is 0 Å². The number of amides is 1. The van der Waals surface area contributed by atoms with Gasteiger partial charge in [0.25, 0.3) is 0 Å². The molecule has 0 aromatic heterocycles. The summed E-state index contributed by atoms with van der Waals surface area (Å²) >= 11 is 0. The maximum absolute atomic E-state index is 10.1. The summed E-state index contributed by atoms with van der Waals surface area (Å²) < 4.78 is 4.98. The van der Waals surface area contributed by atoms with Gasteiger partial charge in [-0.3, -0.25) is 4.79 Å². The SMILES string of the molecule is CCC(=O)NC.Oc1c(O)c2c(c(C3CC3)c1O)C(O)(O)CO2. The Kier molecular flexibility index (Phi) is 4.58. The van der Waals surface area contributed by atoms with E-state index in [2.05, 4.69) is 5.32 Å². The molecule has 0 bridgehead atoms. The predicted octanol–water partition coefficient (Wildman–Crippen LogP) is 0.353. The molecule has 0 unspecified atom stereocenters. The molecular formula is C15H21NO7. The van der Waals surface area contributed by atoms with E-state index >= 15 is 0 Å². The second-order valence-electron chi connectivity index (χ2n) is 5.57. The van der Waals surface area contributed by atoms with Crippen LogP contribution in [0.2, 0.25) is 0 Å². The molecule has 0 radical (unpaired) electrons. The van der Waals surface area contributed by atoms with Crippen molar-refractivity contribution in [2.45, 2.75) is 37.9 Å². The van der Waals surface area contributed by atoms with Gasteiger partial charge in [-0.25, -0.2) is 0 Å². The summed E-state index contributed by atoms with van der Waals surface area (Å²) in [5, 5.41) is 51.0. The molecule has 128 valence electrons. The van der Waals surface area contributed by atoms with E-state index in [1.165, 1.54) is 0 Å². The summed E-state index contributed by atoms with van der Waals surface area (Å²) in [6, 6.07) is 0. The zero-order valence-corrected chi connectivity index (χ0v) is 13.0. The highest BCUT2D eigenvalue weighted by Gasteiger charge is 2.47. The zero-order chi connectivity index (χ0) is 17.4. The Balaban J connectivity index is 0.000000277. The van der Waals surface area contributed by atoms with Gasteiger partial charge in [0.05, 0.1) is 5.56 Å². The van der Waals surface area contributed by atoms with Gasteiger partial charge in [0, 0.05) is 19.0 Å². The number of nitrogens with one attached hydrogen (secondary N) is 1. The molecule has 23 heavy (non-hydrogen) atoms. The lowest BCUT2D eigenvalue weighted by Crippen LogP contribution is -2.27. The van der Waals surface area contributed by atoms with Crippen LogP contribution in [0.15, 0.2) is 0 Å². The van der Waals surface area contributed by atoms with E-state index < -0.39 is 29.6 Å². The number of phenols is 3. The van der Waals surface area contributed by atoms with Gasteiger partial charge in [-0.2, -0.15) is 0 Å². The third-order valence-corrected chi connectivity index (χ3v) is 3.82. The maximum atomic E-state index is 10.1. The Morgan fingerprint density at radius 1 is 1.22 bits per heavy atom. The van der Waals surface area contributed by atoms with Gasteiger partial charge < -0.3 is 35.6 Å². The van der Waals surface area contributed by atoms with Crippen molar-refractivity contribution in [2.75, 3.05) is 13.7 Å². The lowest BCUT2D eigenvalue weighted by Gasteiger charge is -2.18. The molecule has 8 heteroatoms. The molecule has 0 spiro atoms. The molecule has 1 aliphatic carbocycles. The van der Waals surface area contributed by atoms with E-state index in [4.69, 9.17) is 4.74 Å². The molecule has 1 amide bonds. The van der Waals surface area contributed by atoms with Gasteiger partial charge in [-0.1, -0.05) is 6.92 Å². The molecule has 0 atom stereocenters. The monoisotopic (exact) mass is 327 g/mol. The molecular weight excluding hydrogens is 306 g/mol. The summed E-state index contributed by atoms with van der Waals surface area (Å²) in [7, 11) is 1.63. The number of aliphatic hydroxyl groups is 2. The predicted molar refractivity (Wildman–Crippen MR) is 79.4 cm³/mol. The number of ether oxygens (including phenoxy) is 1. The fourth-order valence-electron chi connectivity index (χ4n) is 2.44. The molecule has 8 nitrogen and oxygen atoms in total. The van der Waals surface area contributed by atoms with E-state index in [-0.39, 0.29) is 28.7 Å². The molecule has 6 N–H and O–H groups in total. The van der Waals surface area contributed by atoms with Crippen molar-refractivity contribution in [3.8, 4) is 23.0 Å². The molecule has 1 aliphatic heterocycles. The van der Waals surface area contributed by atoms with Crippen molar-refractivity contribution in [3.05, 3.63) is 11.1 Å². The number of hydrogen-bond acceptors (Lipinski definition) is 7. The quantitative estimate of drug-likeness (QED) is 0.340. The smallest absolute Gasteiger partial charge is 0.229 e. The molecule has 1 heterocycles. The summed E-state index contributed by atoms with van der Waals surface area (Å²) in [6.07, 6.45) is 2.16. The van der Waals surface area contributed by atoms with Crippen LogP contribution < -0.4 is 10.1 Å². The van der Waals surface area contributed by atoms with E-state index in [0.29, 0.717) is 6.42 Å². The minimum atomic E-state index is -2.24. The van der Waals surface area contributed by atoms with Crippen molar-refractivity contribution < 1.29 is 35.1 Å². The normalized spacial score (nSPS) is 17.6.